The van der Waals surface area contributed by atoms with Gasteiger partial charge < -0.3 is 9.84 Å². The average Bonchev–Trinajstić information content (AvgIpc) is 1.85. The van der Waals surface area contributed by atoms with Crippen LogP contribution in [-0.4, -0.2) is 40.5 Å². The first kappa shape index (κ1) is 8.83. The molecule has 0 aliphatic carbocycles. The summed E-state index contributed by atoms with van der Waals surface area (Å²) in [6.07, 6.45) is -0.395. The van der Waals surface area contributed by atoms with Gasteiger partial charge in [-0.25, -0.2) is 9.10 Å². The number of β-amino-alcohol motifs (C(OH)–C–C–N with tert-alkyl or cyclic N) is 1. The van der Waals surface area contributed by atoms with Crippen LogP contribution >= 0.6 is 11.9 Å². The van der Waals surface area contributed by atoms with E-state index in [9.17, 15) is 4.79 Å². The van der Waals surface area contributed by atoms with Crippen molar-refractivity contribution in [3.05, 3.63) is 0 Å². The van der Waals surface area contributed by atoms with Crippen molar-refractivity contribution in [3.8, 4) is 0 Å². The molecule has 5 heteroatoms. The SMILES string of the molecule is CC(O)CN1CCOC(=O)S1. The highest BCUT2D eigenvalue weighted by molar-refractivity contribution is 8.11. The van der Waals surface area contributed by atoms with E-state index in [0.29, 0.717) is 19.7 Å². The summed E-state index contributed by atoms with van der Waals surface area (Å²) in [4.78, 5) is 10.7. The van der Waals surface area contributed by atoms with Crippen molar-refractivity contribution in [1.29, 1.82) is 0 Å². The lowest BCUT2D eigenvalue weighted by molar-refractivity contribution is 0.134. The normalized spacial score (nSPS) is 22.9. The van der Waals surface area contributed by atoms with Crippen LogP contribution < -0.4 is 0 Å². The smallest absolute Gasteiger partial charge is 0.382 e. The van der Waals surface area contributed by atoms with Gasteiger partial charge in [0.1, 0.15) is 6.61 Å². The number of nitrogens with zero attached hydrogens (tertiary/aromatic N) is 1. The van der Waals surface area contributed by atoms with E-state index in [-0.39, 0.29) is 5.30 Å². The molecule has 0 aromatic carbocycles. The molecular formula is C6H11NO3S. The van der Waals surface area contributed by atoms with Gasteiger partial charge in [0.05, 0.1) is 6.10 Å². The zero-order valence-electron chi connectivity index (χ0n) is 6.32. The number of cyclic esters (lactones) is 1. The predicted octanol–water partition coefficient (Wildman–Crippen LogP) is 0.468. The van der Waals surface area contributed by atoms with Gasteiger partial charge in [0, 0.05) is 25.0 Å². The molecule has 1 N–H and O–H groups in total. The molecule has 1 atom stereocenters. The van der Waals surface area contributed by atoms with Crippen molar-refractivity contribution >= 4 is 17.2 Å². The highest BCUT2D eigenvalue weighted by atomic mass is 32.2. The molecule has 1 aliphatic rings. The minimum Gasteiger partial charge on any atom is -0.455 e. The Morgan fingerprint density at radius 2 is 2.64 bits per heavy atom. The maximum absolute atomic E-state index is 10.7. The molecule has 11 heavy (non-hydrogen) atoms. The van der Waals surface area contributed by atoms with E-state index in [1.807, 2.05) is 0 Å². The van der Waals surface area contributed by atoms with Gasteiger partial charge in [-0.05, 0) is 6.92 Å². The van der Waals surface area contributed by atoms with Crippen LogP contribution in [0.2, 0.25) is 0 Å². The molecule has 4 nitrogen and oxygen atoms in total. The second kappa shape index (κ2) is 3.94. The van der Waals surface area contributed by atoms with Gasteiger partial charge in [0.25, 0.3) is 0 Å². The number of carbonyl (C=O) groups excluding carboxylic acids is 1. The summed E-state index contributed by atoms with van der Waals surface area (Å²) >= 11 is 1.03. The van der Waals surface area contributed by atoms with E-state index in [1.54, 1.807) is 11.2 Å². The Hall–Kier alpha value is -0.260. The first-order chi connectivity index (χ1) is 5.18. The van der Waals surface area contributed by atoms with Crippen LogP contribution in [-0.2, 0) is 4.74 Å². The third-order valence-corrected chi connectivity index (χ3v) is 2.09. The number of hydrogen-bond acceptors (Lipinski definition) is 5. The lowest BCUT2D eigenvalue weighted by Gasteiger charge is -2.24. The van der Waals surface area contributed by atoms with Crippen LogP contribution in [0.25, 0.3) is 0 Å². The molecular weight excluding hydrogens is 166 g/mol. The number of hydrogen-bond donors (Lipinski definition) is 1. The van der Waals surface area contributed by atoms with Crippen molar-refractivity contribution in [1.82, 2.24) is 4.31 Å². The molecule has 0 radical (unpaired) electrons. The van der Waals surface area contributed by atoms with Crippen LogP contribution in [0.3, 0.4) is 0 Å². The Balaban J connectivity index is 2.28. The molecule has 1 aliphatic heterocycles. The monoisotopic (exact) mass is 177 g/mol. The summed E-state index contributed by atoms with van der Waals surface area (Å²) in [5, 5.41) is 8.70. The molecule has 1 heterocycles. The molecule has 1 rings (SSSR count). The van der Waals surface area contributed by atoms with E-state index in [2.05, 4.69) is 0 Å². The first-order valence-corrected chi connectivity index (χ1v) is 4.23. The molecule has 0 saturated carbocycles. The van der Waals surface area contributed by atoms with E-state index < -0.39 is 6.10 Å². The summed E-state index contributed by atoms with van der Waals surface area (Å²) in [5.74, 6) is 0. The molecule has 0 amide bonds. The van der Waals surface area contributed by atoms with Crippen molar-refractivity contribution in [2.75, 3.05) is 19.7 Å². The van der Waals surface area contributed by atoms with Gasteiger partial charge in [0.15, 0.2) is 0 Å². The van der Waals surface area contributed by atoms with Gasteiger partial charge in [-0.2, -0.15) is 0 Å². The average molecular weight is 177 g/mol. The third-order valence-electron chi connectivity index (χ3n) is 1.23. The summed E-state index contributed by atoms with van der Waals surface area (Å²) in [7, 11) is 0. The molecule has 0 aromatic heterocycles. The summed E-state index contributed by atoms with van der Waals surface area (Å²) in [6.45, 7) is 3.33. The van der Waals surface area contributed by atoms with Crippen molar-refractivity contribution < 1.29 is 14.6 Å². The standard InChI is InChI=1S/C6H11NO3S/c1-5(8)4-7-2-3-10-6(9)11-7/h5,8H,2-4H2,1H3. The zero-order valence-corrected chi connectivity index (χ0v) is 7.13. The Morgan fingerprint density at radius 1 is 1.91 bits per heavy atom. The van der Waals surface area contributed by atoms with Gasteiger partial charge in [0.2, 0.25) is 0 Å². The van der Waals surface area contributed by atoms with E-state index in [4.69, 9.17) is 9.84 Å². The molecule has 0 bridgehead atoms. The van der Waals surface area contributed by atoms with Crippen LogP contribution in [0.5, 0.6) is 0 Å². The lowest BCUT2D eigenvalue weighted by Crippen LogP contribution is -2.33. The fourth-order valence-electron chi connectivity index (χ4n) is 0.831. The minimum absolute atomic E-state index is 0.281. The highest BCUT2D eigenvalue weighted by Gasteiger charge is 2.19. The van der Waals surface area contributed by atoms with Crippen LogP contribution in [0.4, 0.5) is 4.79 Å². The maximum atomic E-state index is 10.7. The number of aliphatic hydroxyl groups excluding tert-OH is 1. The summed E-state index contributed by atoms with van der Waals surface area (Å²) in [5.41, 5.74) is 0. The van der Waals surface area contributed by atoms with Crippen molar-refractivity contribution in [2.45, 2.75) is 13.0 Å². The molecule has 1 unspecified atom stereocenters. The van der Waals surface area contributed by atoms with Gasteiger partial charge in [-0.1, -0.05) is 0 Å². The Kier molecular flexibility index (Phi) is 3.16. The largest absolute Gasteiger partial charge is 0.455 e. The second-order valence-corrected chi connectivity index (χ2v) is 3.46. The van der Waals surface area contributed by atoms with Crippen molar-refractivity contribution in [3.63, 3.8) is 0 Å². The van der Waals surface area contributed by atoms with E-state index in [1.165, 1.54) is 0 Å². The number of carbonyl (C=O) groups is 1. The topological polar surface area (TPSA) is 49.8 Å². The molecule has 1 saturated heterocycles. The fourth-order valence-corrected chi connectivity index (χ4v) is 1.63. The molecule has 0 spiro atoms. The fraction of sp³-hybridized carbons (Fsp3) is 0.833. The predicted molar refractivity (Wildman–Crippen MR) is 42.2 cm³/mol. The molecule has 0 aromatic rings. The van der Waals surface area contributed by atoms with Gasteiger partial charge in [-0.3, -0.25) is 0 Å². The van der Waals surface area contributed by atoms with Crippen LogP contribution in [0.1, 0.15) is 6.92 Å². The second-order valence-electron chi connectivity index (χ2n) is 2.43. The molecule has 64 valence electrons. The van der Waals surface area contributed by atoms with Gasteiger partial charge >= 0.3 is 5.30 Å². The van der Waals surface area contributed by atoms with Crippen LogP contribution in [0, 0.1) is 0 Å². The lowest BCUT2D eigenvalue weighted by atomic mass is 10.4. The third kappa shape index (κ3) is 3.09. The van der Waals surface area contributed by atoms with Gasteiger partial charge in [-0.15, -0.1) is 0 Å². The van der Waals surface area contributed by atoms with Crippen molar-refractivity contribution in [2.24, 2.45) is 0 Å². The number of rotatable bonds is 2. The van der Waals surface area contributed by atoms with Crippen LogP contribution in [0.15, 0.2) is 0 Å². The number of aliphatic hydroxyl groups is 1. The maximum Gasteiger partial charge on any atom is 0.382 e. The number of ether oxygens (including phenoxy) is 1. The van der Waals surface area contributed by atoms with E-state index in [0.717, 1.165) is 11.9 Å². The summed E-state index contributed by atoms with van der Waals surface area (Å²) < 4.78 is 6.49. The highest BCUT2D eigenvalue weighted by Crippen LogP contribution is 2.17. The zero-order chi connectivity index (χ0) is 8.27. The quantitative estimate of drug-likeness (QED) is 0.490. The Bertz CT molecular complexity index is 151. The Morgan fingerprint density at radius 3 is 3.18 bits per heavy atom. The minimum atomic E-state index is -0.395. The van der Waals surface area contributed by atoms with E-state index >= 15 is 0 Å². The first-order valence-electron chi connectivity index (χ1n) is 3.46. The molecule has 1 fully saturated rings. The Labute approximate surface area is 69.6 Å². The summed E-state index contributed by atoms with van der Waals surface area (Å²) in [6, 6.07) is 0.